The topological polar surface area (TPSA) is 33.0 Å². The van der Waals surface area contributed by atoms with Gasteiger partial charge in [0.25, 0.3) is 0 Å². The summed E-state index contributed by atoms with van der Waals surface area (Å²) in [4.78, 5) is 0. The molecule has 0 N–H and O–H groups in total. The molecule has 0 heterocycles. The average molecular weight is 218 g/mol. The maximum Gasteiger partial charge on any atom is 0.387 e. The summed E-state index contributed by atoms with van der Waals surface area (Å²) in [5, 5.41) is 8.51. The number of alkyl halides is 2. The Hall–Kier alpha value is -1.34. The van der Waals surface area contributed by atoms with Gasteiger partial charge in [-0.2, -0.15) is 14.0 Å². The van der Waals surface area contributed by atoms with Crippen molar-refractivity contribution < 1.29 is 13.5 Å². The van der Waals surface area contributed by atoms with Crippen molar-refractivity contribution in [3.05, 3.63) is 28.8 Å². The molecule has 2 nitrogen and oxygen atoms in total. The number of hydrogen-bond acceptors (Lipinski definition) is 2. The van der Waals surface area contributed by atoms with Gasteiger partial charge in [0.1, 0.15) is 5.75 Å². The Kier molecular flexibility index (Phi) is 3.66. The Morgan fingerprint density at radius 2 is 2.21 bits per heavy atom. The van der Waals surface area contributed by atoms with Gasteiger partial charge in [0.05, 0.1) is 17.5 Å². The van der Waals surface area contributed by atoms with Gasteiger partial charge in [0.15, 0.2) is 0 Å². The molecule has 0 aliphatic carbocycles. The van der Waals surface area contributed by atoms with Gasteiger partial charge in [-0.05, 0) is 6.07 Å². The zero-order valence-electron chi connectivity index (χ0n) is 7.01. The molecule has 0 aliphatic heterocycles. The van der Waals surface area contributed by atoms with E-state index in [4.69, 9.17) is 16.9 Å². The average Bonchev–Trinajstić information content (AvgIpc) is 2.11. The first-order valence-corrected chi connectivity index (χ1v) is 4.12. The molecule has 1 aromatic rings. The fraction of sp³-hybridized carbons (Fsp3) is 0.222. The molecule has 0 aliphatic rings. The van der Waals surface area contributed by atoms with Crippen molar-refractivity contribution >= 4 is 11.6 Å². The van der Waals surface area contributed by atoms with Gasteiger partial charge in [-0.25, -0.2) is 0 Å². The van der Waals surface area contributed by atoms with Crippen LogP contribution in [-0.2, 0) is 6.42 Å². The van der Waals surface area contributed by atoms with Gasteiger partial charge >= 0.3 is 6.61 Å². The highest BCUT2D eigenvalue weighted by Crippen LogP contribution is 2.30. The van der Waals surface area contributed by atoms with E-state index in [-0.39, 0.29) is 17.2 Å². The SMILES string of the molecule is N#CCc1cccc(Cl)c1OC(F)F. The third-order valence-corrected chi connectivity index (χ3v) is 1.82. The predicted molar refractivity (Wildman–Crippen MR) is 47.4 cm³/mol. The summed E-state index contributed by atoms with van der Waals surface area (Å²) in [5.74, 6) is -0.120. The van der Waals surface area contributed by atoms with Crippen LogP contribution in [0.25, 0.3) is 0 Å². The quantitative estimate of drug-likeness (QED) is 0.780. The van der Waals surface area contributed by atoms with Crippen molar-refractivity contribution in [2.24, 2.45) is 0 Å². The monoisotopic (exact) mass is 217 g/mol. The van der Waals surface area contributed by atoms with Gasteiger partial charge in [-0.1, -0.05) is 23.7 Å². The first kappa shape index (κ1) is 10.7. The van der Waals surface area contributed by atoms with Crippen LogP contribution in [0.1, 0.15) is 5.56 Å². The highest BCUT2D eigenvalue weighted by atomic mass is 35.5. The van der Waals surface area contributed by atoms with Gasteiger partial charge < -0.3 is 4.74 Å². The second kappa shape index (κ2) is 4.77. The fourth-order valence-corrected chi connectivity index (χ4v) is 1.24. The van der Waals surface area contributed by atoms with E-state index >= 15 is 0 Å². The summed E-state index contributed by atoms with van der Waals surface area (Å²) in [6.07, 6.45) is -0.0113. The van der Waals surface area contributed by atoms with Crippen LogP contribution in [0.3, 0.4) is 0 Å². The van der Waals surface area contributed by atoms with Crippen molar-refractivity contribution in [3.63, 3.8) is 0 Å². The van der Waals surface area contributed by atoms with E-state index in [2.05, 4.69) is 4.74 Å². The Bertz CT molecular complexity index is 362. The lowest BCUT2D eigenvalue weighted by Crippen LogP contribution is -2.04. The number of nitrogens with zero attached hydrogens (tertiary/aromatic N) is 1. The molecule has 1 rings (SSSR count). The number of para-hydroxylation sites is 1. The smallest absolute Gasteiger partial charge is 0.387 e. The van der Waals surface area contributed by atoms with Crippen molar-refractivity contribution in [1.29, 1.82) is 5.26 Å². The Morgan fingerprint density at radius 1 is 1.50 bits per heavy atom. The third-order valence-electron chi connectivity index (χ3n) is 1.52. The summed E-state index contributed by atoms with van der Waals surface area (Å²) < 4.78 is 28.1. The number of benzene rings is 1. The van der Waals surface area contributed by atoms with Crippen LogP contribution in [0, 0.1) is 11.3 Å². The molecule has 0 aromatic heterocycles. The normalized spacial score (nSPS) is 9.93. The maximum atomic E-state index is 12.0. The minimum atomic E-state index is -2.94. The van der Waals surface area contributed by atoms with E-state index in [0.717, 1.165) is 0 Å². The van der Waals surface area contributed by atoms with Crippen molar-refractivity contribution in [3.8, 4) is 11.8 Å². The van der Waals surface area contributed by atoms with Crippen LogP contribution in [0.4, 0.5) is 8.78 Å². The lowest BCUT2D eigenvalue weighted by atomic mass is 10.1. The number of rotatable bonds is 3. The third kappa shape index (κ3) is 2.57. The van der Waals surface area contributed by atoms with E-state index in [1.807, 2.05) is 6.07 Å². The highest BCUT2D eigenvalue weighted by molar-refractivity contribution is 6.32. The Balaban J connectivity index is 3.03. The van der Waals surface area contributed by atoms with Crippen LogP contribution < -0.4 is 4.74 Å². The molecular weight excluding hydrogens is 212 g/mol. The van der Waals surface area contributed by atoms with Gasteiger partial charge in [-0.15, -0.1) is 0 Å². The zero-order valence-corrected chi connectivity index (χ0v) is 7.76. The van der Waals surface area contributed by atoms with Crippen molar-refractivity contribution in [2.75, 3.05) is 0 Å². The first-order valence-electron chi connectivity index (χ1n) is 3.74. The number of ether oxygens (including phenoxy) is 1. The summed E-state index contributed by atoms with van der Waals surface area (Å²) in [6, 6.07) is 6.37. The van der Waals surface area contributed by atoms with E-state index in [9.17, 15) is 8.78 Å². The number of halogens is 3. The standard InChI is InChI=1S/C9H6ClF2NO/c10-7-3-1-2-6(4-5-13)8(7)14-9(11)12/h1-3,9H,4H2. The second-order valence-electron chi connectivity index (χ2n) is 2.44. The summed E-state index contributed by atoms with van der Waals surface area (Å²) >= 11 is 5.64. The van der Waals surface area contributed by atoms with Crippen molar-refractivity contribution in [1.82, 2.24) is 0 Å². The van der Waals surface area contributed by atoms with Crippen LogP contribution >= 0.6 is 11.6 Å². The van der Waals surface area contributed by atoms with E-state index in [1.54, 1.807) is 6.07 Å². The van der Waals surface area contributed by atoms with Gasteiger partial charge in [0, 0.05) is 5.56 Å². The summed E-state index contributed by atoms with van der Waals surface area (Å²) in [6.45, 7) is -2.94. The van der Waals surface area contributed by atoms with Crippen LogP contribution in [0.15, 0.2) is 18.2 Å². The molecule has 0 bridgehead atoms. The molecule has 0 amide bonds. The van der Waals surface area contributed by atoms with E-state index in [1.165, 1.54) is 12.1 Å². The lowest BCUT2D eigenvalue weighted by Gasteiger charge is -2.09. The summed E-state index contributed by atoms with van der Waals surface area (Å²) in [5.41, 5.74) is 0.361. The van der Waals surface area contributed by atoms with E-state index in [0.29, 0.717) is 5.56 Å². The number of nitriles is 1. The molecule has 14 heavy (non-hydrogen) atoms. The van der Waals surface area contributed by atoms with Gasteiger partial charge in [-0.3, -0.25) is 0 Å². The fourth-order valence-electron chi connectivity index (χ4n) is 0.999. The first-order chi connectivity index (χ1) is 6.65. The molecule has 0 atom stereocenters. The Morgan fingerprint density at radius 3 is 2.79 bits per heavy atom. The second-order valence-corrected chi connectivity index (χ2v) is 2.85. The van der Waals surface area contributed by atoms with Crippen LogP contribution in [0.5, 0.6) is 5.75 Å². The summed E-state index contributed by atoms with van der Waals surface area (Å²) in [7, 11) is 0. The molecule has 5 heteroatoms. The minimum absolute atomic E-state index is 0.0113. The van der Waals surface area contributed by atoms with Crippen LogP contribution in [-0.4, -0.2) is 6.61 Å². The van der Waals surface area contributed by atoms with Gasteiger partial charge in [0.2, 0.25) is 0 Å². The molecule has 0 saturated heterocycles. The number of hydrogen-bond donors (Lipinski definition) is 0. The molecule has 1 aromatic carbocycles. The molecular formula is C9H6ClF2NO. The van der Waals surface area contributed by atoms with Crippen LogP contribution in [0.2, 0.25) is 5.02 Å². The Labute approximate surface area is 84.7 Å². The molecule has 74 valence electrons. The largest absolute Gasteiger partial charge is 0.433 e. The predicted octanol–water partition coefficient (Wildman–Crippen LogP) is 3.01. The maximum absolute atomic E-state index is 12.0. The minimum Gasteiger partial charge on any atom is -0.433 e. The lowest BCUT2D eigenvalue weighted by molar-refractivity contribution is -0.0503. The van der Waals surface area contributed by atoms with E-state index < -0.39 is 6.61 Å². The molecule has 0 unspecified atom stereocenters. The molecule has 0 fully saturated rings. The molecule has 0 radical (unpaired) electrons. The zero-order chi connectivity index (χ0) is 10.6. The van der Waals surface area contributed by atoms with Crippen molar-refractivity contribution in [2.45, 2.75) is 13.0 Å². The molecule has 0 spiro atoms. The highest BCUT2D eigenvalue weighted by Gasteiger charge is 2.12. The molecule has 0 saturated carbocycles.